The van der Waals surface area contributed by atoms with Gasteiger partial charge < -0.3 is 10.2 Å². The van der Waals surface area contributed by atoms with Crippen molar-refractivity contribution in [2.75, 3.05) is 0 Å². The van der Waals surface area contributed by atoms with E-state index in [1.54, 1.807) is 13.0 Å². The van der Waals surface area contributed by atoms with Crippen LogP contribution >= 0.6 is 0 Å². The molecule has 4 heteroatoms. The van der Waals surface area contributed by atoms with Crippen molar-refractivity contribution in [1.82, 2.24) is 4.98 Å². The fourth-order valence-electron chi connectivity index (χ4n) is 1.24. The third-order valence-electron chi connectivity index (χ3n) is 1.91. The molecule has 0 amide bonds. The van der Waals surface area contributed by atoms with Gasteiger partial charge in [0.1, 0.15) is 11.4 Å². The van der Waals surface area contributed by atoms with Crippen molar-refractivity contribution in [3.05, 3.63) is 29.6 Å². The minimum absolute atomic E-state index is 0.0405. The molecule has 1 aromatic heterocycles. The molecule has 0 aromatic carbocycles. The van der Waals surface area contributed by atoms with Crippen LogP contribution in [0.5, 0.6) is 5.75 Å². The molecule has 0 bridgehead atoms. The molecule has 0 saturated heterocycles. The van der Waals surface area contributed by atoms with E-state index in [-0.39, 0.29) is 17.0 Å². The molecule has 1 heterocycles. The van der Waals surface area contributed by atoms with Gasteiger partial charge >= 0.3 is 5.97 Å². The molecule has 0 fully saturated rings. The third-order valence-corrected chi connectivity index (χ3v) is 1.91. The largest absolute Gasteiger partial charge is 0.506 e. The Balaban J connectivity index is 3.28. The van der Waals surface area contributed by atoms with Crippen LogP contribution < -0.4 is 0 Å². The summed E-state index contributed by atoms with van der Waals surface area (Å²) < 4.78 is 0. The quantitative estimate of drug-likeness (QED) is 0.743. The lowest BCUT2D eigenvalue weighted by atomic mass is 10.1. The highest BCUT2D eigenvalue weighted by Crippen LogP contribution is 2.23. The number of pyridine rings is 1. The highest BCUT2D eigenvalue weighted by Gasteiger charge is 2.15. The van der Waals surface area contributed by atoms with Crippen molar-refractivity contribution in [2.24, 2.45) is 0 Å². The predicted octanol–water partition coefficient (Wildman–Crippen LogP) is 1.97. The third kappa shape index (κ3) is 2.56. The van der Waals surface area contributed by atoms with Crippen LogP contribution in [-0.4, -0.2) is 21.2 Å². The number of rotatable bonds is 3. The van der Waals surface area contributed by atoms with Crippen molar-refractivity contribution >= 4 is 11.5 Å². The molecule has 0 aliphatic heterocycles. The zero-order valence-electron chi connectivity index (χ0n) is 8.69. The van der Waals surface area contributed by atoms with Crippen LogP contribution in [0.25, 0.3) is 5.57 Å². The maximum absolute atomic E-state index is 10.9. The highest BCUT2D eigenvalue weighted by molar-refractivity contribution is 6.15. The Bertz CT molecular complexity index is 410. The van der Waals surface area contributed by atoms with E-state index in [0.29, 0.717) is 12.1 Å². The van der Waals surface area contributed by atoms with E-state index in [1.807, 2.05) is 6.92 Å². The first-order valence-electron chi connectivity index (χ1n) is 4.66. The summed E-state index contributed by atoms with van der Waals surface area (Å²) in [6.07, 6.45) is 2.11. The van der Waals surface area contributed by atoms with E-state index in [0.717, 1.165) is 0 Å². The molecule has 0 spiro atoms. The topological polar surface area (TPSA) is 70.4 Å². The Hall–Kier alpha value is -1.84. The number of nitrogens with zero attached hydrogens (tertiary/aromatic N) is 1. The molecule has 0 atom stereocenters. The Kier molecular flexibility index (Phi) is 3.44. The minimum Gasteiger partial charge on any atom is -0.506 e. The monoisotopic (exact) mass is 207 g/mol. The average Bonchev–Trinajstić information content (AvgIpc) is 2.18. The smallest absolute Gasteiger partial charge is 0.337 e. The van der Waals surface area contributed by atoms with Crippen molar-refractivity contribution < 1.29 is 15.0 Å². The van der Waals surface area contributed by atoms with Crippen LogP contribution in [0.2, 0.25) is 0 Å². The maximum Gasteiger partial charge on any atom is 0.337 e. The van der Waals surface area contributed by atoms with Gasteiger partial charge in [-0.25, -0.2) is 9.78 Å². The van der Waals surface area contributed by atoms with Gasteiger partial charge in [0.25, 0.3) is 0 Å². The minimum atomic E-state index is -1.08. The SMILES string of the molecule is CCC=C(C(=O)O)c1nc(C)ccc1O. The summed E-state index contributed by atoms with van der Waals surface area (Å²) >= 11 is 0. The number of hydrogen-bond acceptors (Lipinski definition) is 3. The summed E-state index contributed by atoms with van der Waals surface area (Å²) in [5, 5.41) is 18.5. The number of carbonyl (C=O) groups is 1. The van der Waals surface area contributed by atoms with Crippen LogP contribution in [0, 0.1) is 6.92 Å². The predicted molar refractivity (Wildman–Crippen MR) is 56.5 cm³/mol. The van der Waals surface area contributed by atoms with Crippen LogP contribution in [-0.2, 0) is 4.79 Å². The molecule has 0 aliphatic rings. The second-order valence-corrected chi connectivity index (χ2v) is 3.15. The molecule has 0 saturated carbocycles. The van der Waals surface area contributed by atoms with Gasteiger partial charge in [-0.2, -0.15) is 0 Å². The molecule has 15 heavy (non-hydrogen) atoms. The Morgan fingerprint density at radius 1 is 1.53 bits per heavy atom. The summed E-state index contributed by atoms with van der Waals surface area (Å²) in [7, 11) is 0. The van der Waals surface area contributed by atoms with E-state index < -0.39 is 5.97 Å². The lowest BCUT2D eigenvalue weighted by molar-refractivity contribution is -0.130. The molecule has 1 rings (SSSR count). The summed E-state index contributed by atoms with van der Waals surface area (Å²) in [5.41, 5.74) is 0.842. The van der Waals surface area contributed by atoms with E-state index in [1.165, 1.54) is 12.1 Å². The summed E-state index contributed by atoms with van der Waals surface area (Å²) in [5.74, 6) is -1.19. The number of aryl methyl sites for hydroxylation is 1. The van der Waals surface area contributed by atoms with Gasteiger partial charge in [-0.05, 0) is 25.5 Å². The lowest BCUT2D eigenvalue weighted by Gasteiger charge is -2.05. The average molecular weight is 207 g/mol. The number of carboxylic acids is 1. The van der Waals surface area contributed by atoms with Gasteiger partial charge in [-0.3, -0.25) is 0 Å². The standard InChI is InChI=1S/C11H13NO3/c1-3-4-8(11(14)15)10-9(13)6-5-7(2)12-10/h4-6,13H,3H2,1-2H3,(H,14,15). The van der Waals surface area contributed by atoms with Crippen LogP contribution in [0.1, 0.15) is 24.7 Å². The van der Waals surface area contributed by atoms with Crippen LogP contribution in [0.3, 0.4) is 0 Å². The fraction of sp³-hybridized carbons (Fsp3) is 0.273. The highest BCUT2D eigenvalue weighted by atomic mass is 16.4. The van der Waals surface area contributed by atoms with Crippen LogP contribution in [0.4, 0.5) is 0 Å². The van der Waals surface area contributed by atoms with Gasteiger partial charge in [0.05, 0.1) is 5.57 Å². The van der Waals surface area contributed by atoms with Crippen molar-refractivity contribution in [3.63, 3.8) is 0 Å². The van der Waals surface area contributed by atoms with Gasteiger partial charge in [0, 0.05) is 5.69 Å². The second-order valence-electron chi connectivity index (χ2n) is 3.15. The Morgan fingerprint density at radius 2 is 2.20 bits per heavy atom. The maximum atomic E-state index is 10.9. The zero-order chi connectivity index (χ0) is 11.4. The number of aromatic hydroxyl groups is 1. The molecule has 0 radical (unpaired) electrons. The number of allylic oxidation sites excluding steroid dienone is 1. The van der Waals surface area contributed by atoms with Gasteiger partial charge in [-0.15, -0.1) is 0 Å². The van der Waals surface area contributed by atoms with Crippen molar-refractivity contribution in [3.8, 4) is 5.75 Å². The molecule has 0 unspecified atom stereocenters. The van der Waals surface area contributed by atoms with Crippen molar-refractivity contribution in [1.29, 1.82) is 0 Å². The second kappa shape index (κ2) is 4.59. The summed E-state index contributed by atoms with van der Waals surface area (Å²) in [4.78, 5) is 14.9. The number of carboxylic acid groups (broad SMARTS) is 1. The van der Waals surface area contributed by atoms with Crippen LogP contribution in [0.15, 0.2) is 18.2 Å². The molecule has 1 aromatic rings. The first kappa shape index (κ1) is 11.2. The number of aromatic nitrogens is 1. The molecule has 4 nitrogen and oxygen atoms in total. The zero-order valence-corrected chi connectivity index (χ0v) is 8.69. The van der Waals surface area contributed by atoms with Gasteiger partial charge in [0.2, 0.25) is 0 Å². The van der Waals surface area contributed by atoms with E-state index in [4.69, 9.17) is 5.11 Å². The number of hydrogen-bond donors (Lipinski definition) is 2. The fourth-order valence-corrected chi connectivity index (χ4v) is 1.24. The molecule has 2 N–H and O–H groups in total. The Morgan fingerprint density at radius 3 is 2.73 bits per heavy atom. The van der Waals surface area contributed by atoms with Crippen molar-refractivity contribution in [2.45, 2.75) is 20.3 Å². The molecular formula is C11H13NO3. The van der Waals surface area contributed by atoms with E-state index in [2.05, 4.69) is 4.98 Å². The summed E-state index contributed by atoms with van der Waals surface area (Å²) in [6.45, 7) is 3.57. The Labute approximate surface area is 87.9 Å². The lowest BCUT2D eigenvalue weighted by Crippen LogP contribution is -2.03. The van der Waals surface area contributed by atoms with Gasteiger partial charge in [-0.1, -0.05) is 13.0 Å². The molecule has 80 valence electrons. The molecular weight excluding hydrogens is 194 g/mol. The summed E-state index contributed by atoms with van der Waals surface area (Å²) in [6, 6.07) is 3.08. The first-order valence-corrected chi connectivity index (χ1v) is 4.66. The normalized spacial score (nSPS) is 11.5. The van der Waals surface area contributed by atoms with E-state index in [9.17, 15) is 9.90 Å². The van der Waals surface area contributed by atoms with Gasteiger partial charge in [0.15, 0.2) is 0 Å². The molecule has 0 aliphatic carbocycles. The van der Waals surface area contributed by atoms with E-state index >= 15 is 0 Å². The number of aliphatic carboxylic acids is 1. The first-order chi connectivity index (χ1) is 7.06.